The molecular weight excluding hydrogens is 246 g/mol. The Labute approximate surface area is 102 Å². The van der Waals surface area contributed by atoms with E-state index in [-0.39, 0.29) is 5.69 Å². The van der Waals surface area contributed by atoms with Crippen LogP contribution in [0.2, 0.25) is 5.02 Å². The van der Waals surface area contributed by atoms with Gasteiger partial charge in [-0.3, -0.25) is 4.68 Å². The first-order valence-electron chi connectivity index (χ1n) is 4.80. The van der Waals surface area contributed by atoms with Crippen molar-refractivity contribution >= 4 is 17.6 Å². The molecule has 0 saturated heterocycles. The van der Waals surface area contributed by atoms with Gasteiger partial charge in [0.1, 0.15) is 0 Å². The summed E-state index contributed by atoms with van der Waals surface area (Å²) < 4.78 is 3.05. The van der Waals surface area contributed by atoms with Crippen LogP contribution >= 0.6 is 11.6 Å². The smallest absolute Gasteiger partial charge is 0.358 e. The molecule has 2 aromatic heterocycles. The number of aromatic carboxylic acids is 1. The first kappa shape index (κ1) is 11.6. The predicted octanol–water partition coefficient (Wildman–Crippen LogP) is 0.720. The zero-order valence-corrected chi connectivity index (χ0v) is 10.0. The summed E-state index contributed by atoms with van der Waals surface area (Å²) in [4.78, 5) is 10.6. The molecule has 0 aliphatic carbocycles. The number of carbonyl (C=O) groups is 1. The maximum atomic E-state index is 10.6. The Kier molecular flexibility index (Phi) is 2.84. The van der Waals surface area contributed by atoms with Crippen LogP contribution in [0.1, 0.15) is 21.9 Å². The average Bonchev–Trinajstić information content (AvgIpc) is 2.80. The fourth-order valence-electron chi connectivity index (χ4n) is 1.48. The molecule has 17 heavy (non-hydrogen) atoms. The second kappa shape index (κ2) is 4.17. The molecule has 8 heteroatoms. The van der Waals surface area contributed by atoms with Gasteiger partial charge in [0.25, 0.3) is 0 Å². The second-order valence-corrected chi connectivity index (χ2v) is 3.95. The second-order valence-electron chi connectivity index (χ2n) is 3.58. The number of rotatable bonds is 3. The van der Waals surface area contributed by atoms with E-state index in [0.717, 1.165) is 11.4 Å². The highest BCUT2D eigenvalue weighted by Gasteiger charge is 2.14. The highest BCUT2D eigenvalue weighted by atomic mass is 35.5. The number of hydrogen-bond acceptors (Lipinski definition) is 4. The van der Waals surface area contributed by atoms with Gasteiger partial charge in [-0.2, -0.15) is 5.10 Å². The molecule has 2 rings (SSSR count). The van der Waals surface area contributed by atoms with E-state index in [1.807, 2.05) is 0 Å². The van der Waals surface area contributed by atoms with Crippen molar-refractivity contribution in [3.8, 4) is 0 Å². The van der Waals surface area contributed by atoms with Crippen molar-refractivity contribution in [2.45, 2.75) is 13.5 Å². The number of nitrogens with zero attached hydrogens (tertiary/aromatic N) is 5. The standard InChI is InChI=1S/C9H10ClN5O2/c1-5-8(10)7(14(2)12-5)4-15-3-6(9(16)17)11-13-15/h3H,4H2,1-2H3,(H,16,17). The van der Waals surface area contributed by atoms with Crippen LogP contribution in [0.25, 0.3) is 0 Å². The van der Waals surface area contributed by atoms with Gasteiger partial charge in [0.2, 0.25) is 0 Å². The Bertz CT molecular complexity index is 574. The molecule has 0 amide bonds. The van der Waals surface area contributed by atoms with Crippen molar-refractivity contribution in [1.82, 2.24) is 24.8 Å². The summed E-state index contributed by atoms with van der Waals surface area (Å²) in [5, 5.41) is 20.7. The van der Waals surface area contributed by atoms with Gasteiger partial charge in [-0.05, 0) is 6.92 Å². The number of carboxylic acid groups (broad SMARTS) is 1. The minimum atomic E-state index is -1.11. The summed E-state index contributed by atoms with van der Waals surface area (Å²) in [6.45, 7) is 2.13. The average molecular weight is 256 g/mol. The highest BCUT2D eigenvalue weighted by molar-refractivity contribution is 6.31. The summed E-state index contributed by atoms with van der Waals surface area (Å²) in [5.74, 6) is -1.11. The van der Waals surface area contributed by atoms with Gasteiger partial charge in [0, 0.05) is 7.05 Å². The molecule has 7 nitrogen and oxygen atoms in total. The third kappa shape index (κ3) is 2.14. The van der Waals surface area contributed by atoms with Gasteiger partial charge < -0.3 is 5.11 Å². The van der Waals surface area contributed by atoms with E-state index in [1.165, 1.54) is 10.9 Å². The number of halogens is 1. The first-order valence-corrected chi connectivity index (χ1v) is 5.18. The van der Waals surface area contributed by atoms with Crippen LogP contribution in [-0.2, 0) is 13.6 Å². The number of carboxylic acids is 1. The van der Waals surface area contributed by atoms with E-state index in [0.29, 0.717) is 11.6 Å². The van der Waals surface area contributed by atoms with Gasteiger partial charge in [0.05, 0.1) is 29.2 Å². The van der Waals surface area contributed by atoms with Crippen LogP contribution in [0.4, 0.5) is 0 Å². The maximum Gasteiger partial charge on any atom is 0.358 e. The Hall–Kier alpha value is -1.89. The minimum Gasteiger partial charge on any atom is -0.476 e. The van der Waals surface area contributed by atoms with Crippen LogP contribution in [0, 0.1) is 6.92 Å². The molecule has 0 aliphatic heterocycles. The lowest BCUT2D eigenvalue weighted by molar-refractivity contribution is 0.0690. The Morgan fingerprint density at radius 2 is 2.29 bits per heavy atom. The summed E-state index contributed by atoms with van der Waals surface area (Å²) in [6, 6.07) is 0. The number of aromatic nitrogens is 5. The van der Waals surface area contributed by atoms with Gasteiger partial charge in [0.15, 0.2) is 5.69 Å². The van der Waals surface area contributed by atoms with Crippen LogP contribution in [0.15, 0.2) is 6.20 Å². The Balaban J connectivity index is 2.28. The molecular formula is C9H10ClN5O2. The molecule has 0 aromatic carbocycles. The van der Waals surface area contributed by atoms with Gasteiger partial charge >= 0.3 is 5.97 Å². The predicted molar refractivity (Wildman–Crippen MR) is 59.0 cm³/mol. The fraction of sp³-hybridized carbons (Fsp3) is 0.333. The van der Waals surface area contributed by atoms with E-state index < -0.39 is 5.97 Å². The minimum absolute atomic E-state index is 0.0972. The van der Waals surface area contributed by atoms with Crippen molar-refractivity contribution in [3.05, 3.63) is 28.3 Å². The normalized spacial score (nSPS) is 10.8. The third-order valence-electron chi connectivity index (χ3n) is 2.33. The van der Waals surface area contributed by atoms with E-state index >= 15 is 0 Å². The zero-order valence-electron chi connectivity index (χ0n) is 9.25. The molecule has 0 saturated carbocycles. The lowest BCUT2D eigenvalue weighted by atomic mass is 10.3. The summed E-state index contributed by atoms with van der Waals surface area (Å²) in [5.41, 5.74) is 1.38. The highest BCUT2D eigenvalue weighted by Crippen LogP contribution is 2.19. The third-order valence-corrected chi connectivity index (χ3v) is 2.82. The lowest BCUT2D eigenvalue weighted by Crippen LogP contribution is -2.06. The van der Waals surface area contributed by atoms with Crippen molar-refractivity contribution < 1.29 is 9.90 Å². The summed E-state index contributed by atoms with van der Waals surface area (Å²) in [7, 11) is 1.77. The van der Waals surface area contributed by atoms with Crippen molar-refractivity contribution in [2.24, 2.45) is 7.05 Å². The summed E-state index contributed by atoms with van der Waals surface area (Å²) >= 11 is 6.07. The topological polar surface area (TPSA) is 85.8 Å². The fourth-order valence-corrected chi connectivity index (χ4v) is 1.70. The first-order chi connectivity index (χ1) is 7.99. The quantitative estimate of drug-likeness (QED) is 0.873. The number of hydrogen-bond donors (Lipinski definition) is 1. The zero-order chi connectivity index (χ0) is 12.6. The van der Waals surface area contributed by atoms with Gasteiger partial charge in [-0.15, -0.1) is 5.10 Å². The SMILES string of the molecule is Cc1nn(C)c(Cn2cc(C(=O)O)nn2)c1Cl. The van der Waals surface area contributed by atoms with Crippen LogP contribution < -0.4 is 0 Å². The molecule has 0 spiro atoms. The molecule has 0 atom stereocenters. The van der Waals surface area contributed by atoms with Crippen LogP contribution in [0.5, 0.6) is 0 Å². The molecule has 0 radical (unpaired) electrons. The van der Waals surface area contributed by atoms with E-state index in [4.69, 9.17) is 16.7 Å². The van der Waals surface area contributed by atoms with Crippen molar-refractivity contribution in [3.63, 3.8) is 0 Å². The van der Waals surface area contributed by atoms with Gasteiger partial charge in [-0.25, -0.2) is 9.48 Å². The largest absolute Gasteiger partial charge is 0.476 e. The number of aryl methyl sites for hydroxylation is 2. The van der Waals surface area contributed by atoms with Crippen LogP contribution in [0.3, 0.4) is 0 Å². The Morgan fingerprint density at radius 1 is 1.59 bits per heavy atom. The molecule has 2 aromatic rings. The van der Waals surface area contributed by atoms with E-state index in [1.54, 1.807) is 18.7 Å². The lowest BCUT2D eigenvalue weighted by Gasteiger charge is -2.01. The van der Waals surface area contributed by atoms with E-state index in [9.17, 15) is 4.79 Å². The molecule has 0 bridgehead atoms. The van der Waals surface area contributed by atoms with Gasteiger partial charge in [-0.1, -0.05) is 16.8 Å². The van der Waals surface area contributed by atoms with Crippen LogP contribution in [-0.4, -0.2) is 35.9 Å². The Morgan fingerprint density at radius 3 is 2.76 bits per heavy atom. The maximum absolute atomic E-state index is 10.6. The van der Waals surface area contributed by atoms with Crippen molar-refractivity contribution in [1.29, 1.82) is 0 Å². The summed E-state index contributed by atoms with van der Waals surface area (Å²) in [6.07, 6.45) is 1.35. The molecule has 1 N–H and O–H groups in total. The van der Waals surface area contributed by atoms with Crippen molar-refractivity contribution in [2.75, 3.05) is 0 Å². The molecule has 0 aliphatic rings. The monoisotopic (exact) mass is 255 g/mol. The molecule has 90 valence electrons. The molecule has 0 unspecified atom stereocenters. The molecule has 2 heterocycles. The van der Waals surface area contributed by atoms with E-state index in [2.05, 4.69) is 15.4 Å². The molecule has 0 fully saturated rings.